The fraction of sp³-hybridized carbons (Fsp3) is 0. The quantitative estimate of drug-likeness (QED) is 0.120. The van der Waals surface area contributed by atoms with Crippen LogP contribution in [0.2, 0.25) is 0 Å². The summed E-state index contributed by atoms with van der Waals surface area (Å²) < 4.78 is 4.65. The number of rotatable bonds is 12. The predicted octanol–water partition coefficient (Wildman–Crippen LogP) is 22.4. The first-order chi connectivity index (χ1) is 48.4. The van der Waals surface area contributed by atoms with E-state index in [1.165, 1.54) is 0 Å². The summed E-state index contributed by atoms with van der Waals surface area (Å²) in [6.45, 7) is 0. The number of nitriles is 3. The maximum atomic E-state index is 10.8. The molecule has 0 atom stereocenters. The van der Waals surface area contributed by atoms with Crippen LogP contribution in [0.15, 0.2) is 328 Å². The Labute approximate surface area is 566 Å². The Balaban J connectivity index is 0.933. The largest absolute Gasteiger partial charge is 0.309 e. The Bertz CT molecular complexity index is 5610. The molecule has 0 bridgehead atoms. The summed E-state index contributed by atoms with van der Waals surface area (Å²) in [5, 5.41) is 35.9. The van der Waals surface area contributed by atoms with Gasteiger partial charge in [-0.25, -0.2) is 15.0 Å². The third-order valence-corrected chi connectivity index (χ3v) is 18.8. The average molecular weight is 1250 g/mol. The Morgan fingerprint density at radius 3 is 0.878 bits per heavy atom. The highest BCUT2D eigenvalue weighted by Crippen LogP contribution is 2.45. The van der Waals surface area contributed by atoms with Crippen molar-refractivity contribution in [1.82, 2.24) is 24.1 Å². The molecular formula is C90H54N8. The first-order valence-electron chi connectivity index (χ1n) is 32.5. The van der Waals surface area contributed by atoms with Gasteiger partial charge >= 0.3 is 0 Å². The lowest BCUT2D eigenvalue weighted by molar-refractivity contribution is 1.07. The molecule has 0 aliphatic carbocycles. The molecule has 0 spiro atoms. The van der Waals surface area contributed by atoms with Gasteiger partial charge in [-0.05, 0) is 141 Å². The zero-order valence-corrected chi connectivity index (χ0v) is 52.8. The molecule has 3 aromatic heterocycles. The Kier molecular flexibility index (Phi) is 14.5. The standard InChI is InChI=1S/C90H54N8/c91-55-58-33-35-63(36-34-58)72-29-17-18-32-77(72)90-95-88(68-37-43-75(73-30-15-13-27-70(73)56-92)86(53-68)97-82-45-39-64(59-19-5-1-6-20-59)49-78(82)79-50-65(40-46-83(79)97)60-21-7-2-8-22-60)94-89(96-90)69-38-44-76(74-31-16-14-28-71(74)57-93)87(54-69)98-84-47-41-66(61-23-9-3-10-24-61)51-80(84)81-52-67(42-48-85(81)98)62-25-11-4-12-26-62/h1-54H. The molecule has 0 aliphatic rings. The molecule has 17 aromatic rings. The van der Waals surface area contributed by atoms with Crippen LogP contribution in [0.5, 0.6) is 0 Å². The topological polar surface area (TPSA) is 120 Å². The molecule has 0 N–H and O–H groups in total. The zero-order valence-electron chi connectivity index (χ0n) is 52.8. The van der Waals surface area contributed by atoms with Gasteiger partial charge in [0.15, 0.2) is 17.5 Å². The van der Waals surface area contributed by atoms with Crippen molar-refractivity contribution in [3.63, 3.8) is 0 Å². The van der Waals surface area contributed by atoms with Gasteiger partial charge in [0, 0.05) is 60.5 Å². The lowest BCUT2D eigenvalue weighted by atomic mass is 9.96. The number of hydrogen-bond donors (Lipinski definition) is 0. The second-order valence-corrected chi connectivity index (χ2v) is 24.4. The third-order valence-electron chi connectivity index (χ3n) is 18.8. The van der Waals surface area contributed by atoms with Crippen LogP contribution in [-0.2, 0) is 0 Å². The van der Waals surface area contributed by atoms with Crippen LogP contribution in [0.1, 0.15) is 16.7 Å². The number of aromatic nitrogens is 5. The fourth-order valence-corrected chi connectivity index (χ4v) is 14.0. The second kappa shape index (κ2) is 24.6. The van der Waals surface area contributed by atoms with Crippen LogP contribution in [0, 0.1) is 34.0 Å². The van der Waals surface area contributed by atoms with Gasteiger partial charge in [0.05, 0.1) is 68.3 Å². The van der Waals surface area contributed by atoms with Gasteiger partial charge in [0.25, 0.3) is 0 Å². The van der Waals surface area contributed by atoms with Crippen molar-refractivity contribution in [2.45, 2.75) is 0 Å². The lowest BCUT2D eigenvalue weighted by Gasteiger charge is -2.18. The Hall–Kier alpha value is -13.8. The molecule has 0 amide bonds. The van der Waals surface area contributed by atoms with E-state index in [1.807, 2.05) is 115 Å². The minimum Gasteiger partial charge on any atom is -0.309 e. The van der Waals surface area contributed by atoms with Crippen LogP contribution in [-0.4, -0.2) is 24.1 Å². The molecule has 17 rings (SSSR count). The summed E-state index contributed by atoms with van der Waals surface area (Å²) >= 11 is 0. The molecular weight excluding hydrogens is 1190 g/mol. The summed E-state index contributed by atoms with van der Waals surface area (Å²) in [6, 6.07) is 120. The van der Waals surface area contributed by atoms with Crippen LogP contribution in [0.3, 0.4) is 0 Å². The minimum absolute atomic E-state index is 0.415. The summed E-state index contributed by atoms with van der Waals surface area (Å²) in [4.78, 5) is 16.6. The third kappa shape index (κ3) is 10.3. The van der Waals surface area contributed by atoms with Gasteiger partial charge in [-0.1, -0.05) is 243 Å². The Morgan fingerprint density at radius 1 is 0.214 bits per heavy atom. The van der Waals surface area contributed by atoms with Crippen molar-refractivity contribution >= 4 is 43.6 Å². The molecule has 0 saturated heterocycles. The van der Waals surface area contributed by atoms with E-state index in [0.717, 1.165) is 138 Å². The van der Waals surface area contributed by atoms with E-state index in [4.69, 9.17) is 15.0 Å². The zero-order chi connectivity index (χ0) is 65.6. The highest BCUT2D eigenvalue weighted by molar-refractivity contribution is 6.14. The van der Waals surface area contributed by atoms with Crippen LogP contribution >= 0.6 is 0 Å². The molecule has 98 heavy (non-hydrogen) atoms. The monoisotopic (exact) mass is 1250 g/mol. The number of hydrogen-bond acceptors (Lipinski definition) is 6. The molecule has 0 saturated carbocycles. The van der Waals surface area contributed by atoms with E-state index in [2.05, 4.69) is 240 Å². The summed E-state index contributed by atoms with van der Waals surface area (Å²) in [5.41, 5.74) is 23.2. The molecule has 8 heteroatoms. The number of benzene rings is 14. The van der Waals surface area contributed by atoms with Gasteiger partial charge in [-0.3, -0.25) is 0 Å². The summed E-state index contributed by atoms with van der Waals surface area (Å²) in [5.74, 6) is 1.26. The van der Waals surface area contributed by atoms with Crippen molar-refractivity contribution in [1.29, 1.82) is 15.8 Å². The van der Waals surface area contributed by atoms with E-state index >= 15 is 0 Å². The molecule has 0 fully saturated rings. The molecule has 454 valence electrons. The van der Waals surface area contributed by atoms with Gasteiger partial charge in [0.1, 0.15) is 0 Å². The molecule has 3 heterocycles. The van der Waals surface area contributed by atoms with Crippen LogP contribution < -0.4 is 0 Å². The van der Waals surface area contributed by atoms with E-state index in [1.54, 1.807) is 0 Å². The highest BCUT2D eigenvalue weighted by Gasteiger charge is 2.25. The normalized spacial score (nSPS) is 11.2. The van der Waals surface area contributed by atoms with Crippen molar-refractivity contribution in [2.75, 3.05) is 0 Å². The van der Waals surface area contributed by atoms with E-state index in [9.17, 15) is 15.8 Å². The fourth-order valence-electron chi connectivity index (χ4n) is 14.0. The van der Waals surface area contributed by atoms with Crippen LogP contribution in [0.4, 0.5) is 0 Å². The van der Waals surface area contributed by atoms with Crippen molar-refractivity contribution < 1.29 is 0 Å². The SMILES string of the molecule is N#Cc1ccc(-c2ccccc2-c2nc(-c3ccc(-c4ccccc4C#N)c(-n4c5ccc(-c6ccccc6)cc5c5cc(-c6ccccc6)ccc54)c3)nc(-c3ccc(-c4ccccc4C#N)c(-n4c5ccc(-c6ccccc6)cc5c5cc(-c6ccccc6)ccc54)c3)n2)cc1. The summed E-state index contributed by atoms with van der Waals surface area (Å²) in [6.07, 6.45) is 0. The van der Waals surface area contributed by atoms with Crippen molar-refractivity contribution in [3.8, 4) is 142 Å². The van der Waals surface area contributed by atoms with Crippen molar-refractivity contribution in [3.05, 3.63) is 344 Å². The number of fused-ring (bicyclic) bond motifs is 6. The lowest BCUT2D eigenvalue weighted by Crippen LogP contribution is -2.04. The maximum Gasteiger partial charge on any atom is 0.164 e. The maximum absolute atomic E-state index is 10.8. The van der Waals surface area contributed by atoms with Crippen LogP contribution in [0.25, 0.3) is 167 Å². The molecule has 8 nitrogen and oxygen atoms in total. The Morgan fingerprint density at radius 2 is 0.520 bits per heavy atom. The minimum atomic E-state index is 0.415. The van der Waals surface area contributed by atoms with E-state index in [0.29, 0.717) is 45.3 Å². The average Bonchev–Trinajstić information content (AvgIpc) is 1.57. The molecule has 0 unspecified atom stereocenters. The summed E-state index contributed by atoms with van der Waals surface area (Å²) in [7, 11) is 0. The van der Waals surface area contributed by atoms with Gasteiger partial charge in [-0.15, -0.1) is 0 Å². The predicted molar refractivity (Wildman–Crippen MR) is 397 cm³/mol. The van der Waals surface area contributed by atoms with Crippen molar-refractivity contribution in [2.24, 2.45) is 0 Å². The highest BCUT2D eigenvalue weighted by atomic mass is 15.0. The van der Waals surface area contributed by atoms with E-state index in [-0.39, 0.29) is 0 Å². The van der Waals surface area contributed by atoms with Gasteiger partial charge in [0.2, 0.25) is 0 Å². The first kappa shape index (κ1) is 58.0. The molecule has 0 radical (unpaired) electrons. The smallest absolute Gasteiger partial charge is 0.164 e. The number of nitrogens with zero attached hydrogens (tertiary/aromatic N) is 8. The molecule has 14 aromatic carbocycles. The van der Waals surface area contributed by atoms with Gasteiger partial charge < -0.3 is 9.13 Å². The van der Waals surface area contributed by atoms with Gasteiger partial charge in [-0.2, -0.15) is 15.8 Å². The first-order valence-corrected chi connectivity index (χ1v) is 32.5. The van der Waals surface area contributed by atoms with E-state index < -0.39 is 0 Å². The second-order valence-electron chi connectivity index (χ2n) is 24.4. The molecule has 0 aliphatic heterocycles.